The van der Waals surface area contributed by atoms with Gasteiger partial charge in [0.2, 0.25) is 0 Å². The Bertz CT molecular complexity index is 527. The number of carbonyl (C=O) groups excluding carboxylic acids is 1. The van der Waals surface area contributed by atoms with Crippen LogP contribution < -0.4 is 0 Å². The van der Waals surface area contributed by atoms with E-state index in [1.807, 2.05) is 0 Å². The molecule has 0 bridgehead atoms. The van der Waals surface area contributed by atoms with Gasteiger partial charge in [0.15, 0.2) is 0 Å². The van der Waals surface area contributed by atoms with E-state index in [0.29, 0.717) is 5.92 Å². The van der Waals surface area contributed by atoms with Gasteiger partial charge in [-0.25, -0.2) is 0 Å². The lowest BCUT2D eigenvalue weighted by Gasteiger charge is -2.14. The molecule has 1 heteroatoms. The molecule has 1 unspecified atom stereocenters. The van der Waals surface area contributed by atoms with Gasteiger partial charge in [-0.3, -0.25) is 0 Å². The number of hydrogen-bond donors (Lipinski definition) is 0. The van der Waals surface area contributed by atoms with Crippen LogP contribution in [0.25, 0.3) is 0 Å². The van der Waals surface area contributed by atoms with Gasteiger partial charge >= 0.3 is 0 Å². The van der Waals surface area contributed by atoms with Crippen LogP contribution in [0.15, 0.2) is 0 Å². The summed E-state index contributed by atoms with van der Waals surface area (Å²) in [6, 6.07) is 0. The number of hydrogen-bond acceptors (Lipinski definition) is 1. The van der Waals surface area contributed by atoms with Gasteiger partial charge in [-0.1, -0.05) is 271 Å². The van der Waals surface area contributed by atoms with Gasteiger partial charge in [0.1, 0.15) is 6.29 Å². The van der Waals surface area contributed by atoms with Gasteiger partial charge in [0.25, 0.3) is 0 Å². The summed E-state index contributed by atoms with van der Waals surface area (Å²) in [7, 11) is 0. The molecule has 0 radical (unpaired) electrons. The highest BCUT2D eigenvalue weighted by Crippen LogP contribution is 2.22. The van der Waals surface area contributed by atoms with Crippen molar-refractivity contribution >= 4 is 6.29 Å². The van der Waals surface area contributed by atoms with Gasteiger partial charge in [-0.2, -0.15) is 0 Å². The van der Waals surface area contributed by atoms with E-state index in [9.17, 15) is 4.79 Å². The monoisotopic (exact) mass is 647 g/mol. The van der Waals surface area contributed by atoms with Crippen LogP contribution in [-0.4, -0.2) is 6.29 Å². The summed E-state index contributed by atoms with van der Waals surface area (Å²) in [6.07, 6.45) is 59.3. The minimum Gasteiger partial charge on any atom is -0.303 e. The van der Waals surface area contributed by atoms with E-state index < -0.39 is 0 Å². The van der Waals surface area contributed by atoms with E-state index >= 15 is 0 Å². The minimum absolute atomic E-state index is 0.661. The van der Waals surface area contributed by atoms with Crippen molar-refractivity contribution in [1.82, 2.24) is 0 Å². The van der Waals surface area contributed by atoms with Crippen molar-refractivity contribution in [3.63, 3.8) is 0 Å². The Morgan fingerprint density at radius 2 is 0.457 bits per heavy atom. The number of carbonyl (C=O) groups is 1. The van der Waals surface area contributed by atoms with E-state index in [1.165, 1.54) is 263 Å². The Morgan fingerprint density at radius 3 is 0.630 bits per heavy atom. The van der Waals surface area contributed by atoms with Crippen molar-refractivity contribution in [3.05, 3.63) is 0 Å². The van der Waals surface area contributed by atoms with Crippen LogP contribution >= 0.6 is 0 Å². The molecule has 1 nitrogen and oxygen atoms in total. The Hall–Kier alpha value is -0.330. The van der Waals surface area contributed by atoms with Crippen molar-refractivity contribution in [2.45, 2.75) is 277 Å². The maximum atomic E-state index is 11.2. The fourth-order valence-electron chi connectivity index (χ4n) is 7.54. The standard InChI is InChI=1S/C45H90O/c1-3-5-7-9-11-13-15-17-19-21-23-24-26-28-30-32-34-36-38-40-42-45(43-44-46)41-39-37-35-33-31-29-27-25-22-20-18-16-14-12-10-8-6-4-2/h44-45H,3-43H2,1-2H3. The third-order valence-electron chi connectivity index (χ3n) is 10.9. The summed E-state index contributed by atoms with van der Waals surface area (Å²) in [5.74, 6) is 0.661. The van der Waals surface area contributed by atoms with E-state index in [4.69, 9.17) is 0 Å². The fraction of sp³-hybridized carbons (Fsp3) is 0.978. The molecule has 0 saturated carbocycles. The average Bonchev–Trinajstić information content (AvgIpc) is 3.06. The zero-order chi connectivity index (χ0) is 33.3. The van der Waals surface area contributed by atoms with Crippen molar-refractivity contribution in [3.8, 4) is 0 Å². The third kappa shape index (κ3) is 39.8. The van der Waals surface area contributed by atoms with Crippen molar-refractivity contribution in [2.75, 3.05) is 0 Å². The van der Waals surface area contributed by atoms with Gasteiger partial charge in [0, 0.05) is 6.42 Å². The first-order valence-corrected chi connectivity index (χ1v) is 22.3. The Morgan fingerprint density at radius 1 is 0.283 bits per heavy atom. The second-order valence-electron chi connectivity index (χ2n) is 15.6. The first-order chi connectivity index (χ1) is 22.8. The molecule has 0 rings (SSSR count). The highest BCUT2D eigenvalue weighted by molar-refractivity contribution is 5.49. The smallest absolute Gasteiger partial charge is 0.120 e. The summed E-state index contributed by atoms with van der Waals surface area (Å²) in [5, 5.41) is 0. The zero-order valence-corrected chi connectivity index (χ0v) is 32.6. The lowest BCUT2D eigenvalue weighted by molar-refractivity contribution is -0.108. The van der Waals surface area contributed by atoms with Crippen LogP contribution in [0.4, 0.5) is 0 Å². The first kappa shape index (κ1) is 45.7. The highest BCUT2D eigenvalue weighted by Gasteiger charge is 2.08. The lowest BCUT2D eigenvalue weighted by atomic mass is 9.92. The lowest BCUT2D eigenvalue weighted by Crippen LogP contribution is -2.02. The summed E-state index contributed by atoms with van der Waals surface area (Å²) in [6.45, 7) is 4.61. The summed E-state index contributed by atoms with van der Waals surface area (Å²) in [4.78, 5) is 11.2. The Balaban J connectivity index is 3.33. The number of aldehydes is 1. The Labute approximate surface area is 293 Å². The molecule has 0 aliphatic heterocycles. The molecule has 0 aromatic rings. The van der Waals surface area contributed by atoms with E-state index in [2.05, 4.69) is 13.8 Å². The highest BCUT2D eigenvalue weighted by atomic mass is 16.1. The predicted octanol–water partition coefficient (Wildman–Crippen LogP) is 16.8. The van der Waals surface area contributed by atoms with E-state index in [-0.39, 0.29) is 0 Å². The molecule has 0 saturated heterocycles. The van der Waals surface area contributed by atoms with Crippen LogP contribution in [0.5, 0.6) is 0 Å². The molecular weight excluding hydrogens is 556 g/mol. The SMILES string of the molecule is CCCCCCCCCCCCCCCCCCCCCCC(CC=O)CCCCCCCCCCCCCCCCCCCC. The van der Waals surface area contributed by atoms with Crippen LogP contribution in [0, 0.1) is 5.92 Å². The van der Waals surface area contributed by atoms with Crippen molar-refractivity contribution in [1.29, 1.82) is 0 Å². The van der Waals surface area contributed by atoms with Crippen molar-refractivity contribution in [2.24, 2.45) is 5.92 Å². The largest absolute Gasteiger partial charge is 0.303 e. The van der Waals surface area contributed by atoms with Crippen LogP contribution in [0.2, 0.25) is 0 Å². The summed E-state index contributed by atoms with van der Waals surface area (Å²) >= 11 is 0. The third-order valence-corrected chi connectivity index (χ3v) is 10.9. The molecule has 1 atom stereocenters. The number of unbranched alkanes of at least 4 members (excludes halogenated alkanes) is 36. The molecule has 46 heavy (non-hydrogen) atoms. The summed E-state index contributed by atoms with van der Waals surface area (Å²) in [5.41, 5.74) is 0. The van der Waals surface area contributed by atoms with Gasteiger partial charge in [-0.05, 0) is 5.92 Å². The van der Waals surface area contributed by atoms with E-state index in [0.717, 1.165) is 6.42 Å². The second kappa shape index (κ2) is 42.7. The van der Waals surface area contributed by atoms with Crippen molar-refractivity contribution < 1.29 is 4.79 Å². The molecule has 276 valence electrons. The maximum Gasteiger partial charge on any atom is 0.120 e. The van der Waals surface area contributed by atoms with Crippen LogP contribution in [-0.2, 0) is 4.79 Å². The normalized spacial score (nSPS) is 12.2. The molecule has 0 spiro atoms. The van der Waals surface area contributed by atoms with Crippen LogP contribution in [0.1, 0.15) is 277 Å². The molecule has 0 aromatic heterocycles. The first-order valence-electron chi connectivity index (χ1n) is 22.3. The molecule has 0 aromatic carbocycles. The number of rotatable bonds is 42. The second-order valence-corrected chi connectivity index (χ2v) is 15.6. The summed E-state index contributed by atoms with van der Waals surface area (Å²) < 4.78 is 0. The van der Waals surface area contributed by atoms with E-state index in [1.54, 1.807) is 0 Å². The zero-order valence-electron chi connectivity index (χ0n) is 32.6. The Kier molecular flexibility index (Phi) is 42.4. The maximum absolute atomic E-state index is 11.2. The molecule has 0 fully saturated rings. The molecular formula is C45H90O. The molecule has 0 heterocycles. The molecule has 0 N–H and O–H groups in total. The van der Waals surface area contributed by atoms with Crippen LogP contribution in [0.3, 0.4) is 0 Å². The molecule has 0 aliphatic rings. The molecule has 0 aliphatic carbocycles. The quantitative estimate of drug-likeness (QED) is 0.0476. The topological polar surface area (TPSA) is 17.1 Å². The average molecular weight is 647 g/mol. The van der Waals surface area contributed by atoms with Gasteiger partial charge in [0.05, 0.1) is 0 Å². The molecule has 0 amide bonds. The van der Waals surface area contributed by atoms with Gasteiger partial charge < -0.3 is 4.79 Å². The van der Waals surface area contributed by atoms with Gasteiger partial charge in [-0.15, -0.1) is 0 Å². The predicted molar refractivity (Wildman–Crippen MR) is 210 cm³/mol. The fourth-order valence-corrected chi connectivity index (χ4v) is 7.54. The minimum atomic E-state index is 0.661.